The molecule has 2 heterocycles. The summed E-state index contributed by atoms with van der Waals surface area (Å²) in [6, 6.07) is 88.6. The lowest BCUT2D eigenvalue weighted by molar-refractivity contribution is 0.569. The molecule has 2 nitrogen and oxygen atoms in total. The maximum absolute atomic E-state index is 7.32. The number of anilines is 3. The number of nitrogens with zero attached hydrogens (tertiary/aromatic N) is 1. The Bertz CT molecular complexity index is 4660. The van der Waals surface area contributed by atoms with Gasteiger partial charge in [-0.15, -0.1) is 0 Å². The van der Waals surface area contributed by atoms with Crippen LogP contribution in [0.25, 0.3) is 77.6 Å². The number of para-hydroxylation sites is 1. The Labute approximate surface area is 535 Å². The van der Waals surface area contributed by atoms with Gasteiger partial charge in [-0.1, -0.05) is 304 Å². The second-order valence-electron chi connectivity index (χ2n) is 30.9. The minimum atomic E-state index is -0.258. The molecule has 1 aliphatic carbocycles. The van der Waals surface area contributed by atoms with Crippen molar-refractivity contribution in [1.29, 1.82) is 0 Å². The van der Waals surface area contributed by atoms with Gasteiger partial charge in [-0.2, -0.15) is 0 Å². The summed E-state index contributed by atoms with van der Waals surface area (Å²) < 4.78 is 7.32. The summed E-state index contributed by atoms with van der Waals surface area (Å²) in [6.07, 6.45) is 0. The molecule has 12 aromatic rings. The molecule has 2 atom stereocenters. The lowest BCUT2D eigenvalue weighted by atomic mass is 9.62. The van der Waals surface area contributed by atoms with Gasteiger partial charge in [0.1, 0.15) is 11.2 Å². The highest BCUT2D eigenvalue weighted by molar-refractivity contribution is 6.17. The summed E-state index contributed by atoms with van der Waals surface area (Å²) in [5.74, 6) is -0.350. The average Bonchev–Trinajstić information content (AvgIpc) is 0.767. The van der Waals surface area contributed by atoms with Crippen molar-refractivity contribution in [1.82, 2.24) is 0 Å². The first-order valence-electron chi connectivity index (χ1n) is 32.6. The van der Waals surface area contributed by atoms with Crippen molar-refractivity contribution in [2.45, 2.75) is 143 Å². The molecule has 2 unspecified atom stereocenters. The molecule has 0 spiro atoms. The number of hydrogen-bond acceptors (Lipinski definition) is 2. The highest BCUT2D eigenvalue weighted by atomic mass is 16.3. The predicted octanol–water partition coefficient (Wildman–Crippen LogP) is 24.9. The van der Waals surface area contributed by atoms with Crippen molar-refractivity contribution in [2.24, 2.45) is 0 Å². The van der Waals surface area contributed by atoms with Crippen LogP contribution in [0.2, 0.25) is 0 Å². The van der Waals surface area contributed by atoms with E-state index in [9.17, 15) is 0 Å². The first-order chi connectivity index (χ1) is 42.8. The molecule has 2 heteroatoms. The van der Waals surface area contributed by atoms with Gasteiger partial charge in [0.25, 0.3) is 0 Å². The van der Waals surface area contributed by atoms with E-state index in [0.29, 0.717) is 0 Å². The molecule has 14 rings (SSSR count). The normalized spacial score (nSPS) is 15.0. The minimum absolute atomic E-state index is 0.0616. The summed E-state index contributed by atoms with van der Waals surface area (Å²) in [7, 11) is 0. The second-order valence-corrected chi connectivity index (χ2v) is 30.9. The third-order valence-electron chi connectivity index (χ3n) is 19.6. The monoisotopic (exact) mass is 1170 g/mol. The molecule has 11 aromatic carbocycles. The quantitative estimate of drug-likeness (QED) is 0.158. The highest BCUT2D eigenvalue weighted by Gasteiger charge is 2.46. The largest absolute Gasteiger partial charge is 0.455 e. The van der Waals surface area contributed by atoms with Crippen molar-refractivity contribution < 1.29 is 4.42 Å². The van der Waals surface area contributed by atoms with Crippen LogP contribution in [0.1, 0.15) is 177 Å². The zero-order valence-electron chi connectivity index (χ0n) is 55.4. The number of furan rings is 1. The standard InChI is InChI=1S/C88H85NO/c1-84(2,3)60-41-43-67-74(51-60)89(82-70(56-34-24-18-25-35-56)53-72-65-38-28-29-39-76(65)90-83(72)77(82)57-36-26-19-27-37-57)75-52-64(88(13,14)15)50-73-78(80-68(54-30-20-16-21-31-54)48-63(87(10,11)12)49-69(80)55-32-22-17-23-33-55)66-42-40-58(46-71(66)79(67)81(73)75)59-44-61(85(4,5)6)47-62(45-59)86(7,8)9/h16-53,78-79H,1-15H3. The van der Waals surface area contributed by atoms with Gasteiger partial charge >= 0.3 is 0 Å². The molecule has 0 saturated heterocycles. The summed E-state index contributed by atoms with van der Waals surface area (Å²) in [5.41, 5.74) is 31.0. The van der Waals surface area contributed by atoms with Gasteiger partial charge in [-0.05, 0) is 163 Å². The van der Waals surface area contributed by atoms with E-state index >= 15 is 0 Å². The lowest BCUT2D eigenvalue weighted by Gasteiger charge is -2.46. The van der Waals surface area contributed by atoms with Crippen molar-refractivity contribution in [3.05, 3.63) is 292 Å². The average molecular weight is 1170 g/mol. The molecule has 1 aromatic heterocycles. The van der Waals surface area contributed by atoms with Crippen LogP contribution in [0.4, 0.5) is 17.1 Å². The van der Waals surface area contributed by atoms with E-state index in [1.807, 2.05) is 0 Å². The SMILES string of the molecule is CC(C)(C)c1cc(-c2ccc3c(c2)C2c4ccc(C(C)(C)C)cc4N(c4c(-c5ccccc5)cc5c(oc6ccccc65)c4-c4ccccc4)c4cc(C(C)(C)C)cc(c42)C3c2c(-c3ccccc3)cc(C(C)(C)C)cc2-c2ccccc2)cc(C(C)(C)C)c1. The molecule has 0 radical (unpaired) electrons. The van der Waals surface area contributed by atoms with Gasteiger partial charge in [0.05, 0.1) is 17.1 Å². The van der Waals surface area contributed by atoms with Crippen LogP contribution in [0.3, 0.4) is 0 Å². The summed E-state index contributed by atoms with van der Waals surface area (Å²) in [6.45, 7) is 35.5. The Kier molecular flexibility index (Phi) is 13.9. The van der Waals surface area contributed by atoms with Crippen LogP contribution in [0.5, 0.6) is 0 Å². The van der Waals surface area contributed by atoms with Crippen LogP contribution >= 0.6 is 0 Å². The summed E-state index contributed by atoms with van der Waals surface area (Å²) in [5, 5.41) is 2.21. The predicted molar refractivity (Wildman–Crippen MR) is 384 cm³/mol. The van der Waals surface area contributed by atoms with Gasteiger partial charge in [-0.25, -0.2) is 0 Å². The molecule has 0 amide bonds. The Balaban J connectivity index is 1.20. The smallest absolute Gasteiger partial charge is 0.145 e. The van der Waals surface area contributed by atoms with E-state index in [0.717, 1.165) is 49.9 Å². The summed E-state index contributed by atoms with van der Waals surface area (Å²) in [4.78, 5) is 2.72. The van der Waals surface area contributed by atoms with E-state index in [1.165, 1.54) is 106 Å². The Morgan fingerprint density at radius 3 is 1.29 bits per heavy atom. The molecule has 0 bridgehead atoms. The van der Waals surface area contributed by atoms with Gasteiger partial charge in [0.2, 0.25) is 0 Å². The molecule has 0 N–H and O–H groups in total. The molecule has 1 aliphatic heterocycles. The maximum Gasteiger partial charge on any atom is 0.145 e. The first-order valence-corrected chi connectivity index (χ1v) is 32.6. The molecule has 2 aliphatic rings. The number of benzene rings is 11. The molecular formula is C88H85NO. The zero-order valence-corrected chi connectivity index (χ0v) is 55.4. The third-order valence-corrected chi connectivity index (χ3v) is 19.6. The lowest BCUT2D eigenvalue weighted by Crippen LogP contribution is -2.31. The first kappa shape index (κ1) is 58.7. The fourth-order valence-electron chi connectivity index (χ4n) is 14.4. The molecule has 90 heavy (non-hydrogen) atoms. The molecule has 448 valence electrons. The van der Waals surface area contributed by atoms with E-state index in [4.69, 9.17) is 4.42 Å². The Morgan fingerprint density at radius 2 is 0.744 bits per heavy atom. The number of hydrogen-bond donors (Lipinski definition) is 0. The number of fused-ring (bicyclic) bond motifs is 7. The fraction of sp³-hybridized carbons (Fsp3) is 0.250. The van der Waals surface area contributed by atoms with Crippen LogP contribution < -0.4 is 4.90 Å². The molecule has 0 saturated carbocycles. The van der Waals surface area contributed by atoms with Crippen LogP contribution in [-0.4, -0.2) is 0 Å². The topological polar surface area (TPSA) is 16.4 Å². The van der Waals surface area contributed by atoms with Gasteiger partial charge in [0.15, 0.2) is 0 Å². The van der Waals surface area contributed by atoms with Gasteiger partial charge in [0, 0.05) is 33.7 Å². The van der Waals surface area contributed by atoms with Crippen molar-refractivity contribution in [3.8, 4) is 55.6 Å². The van der Waals surface area contributed by atoms with Crippen molar-refractivity contribution in [2.75, 3.05) is 4.90 Å². The van der Waals surface area contributed by atoms with Crippen LogP contribution in [0.15, 0.2) is 235 Å². The molecular weight excluding hydrogens is 1090 g/mol. The second kappa shape index (κ2) is 21.3. The van der Waals surface area contributed by atoms with E-state index in [2.05, 4.69) is 339 Å². The zero-order chi connectivity index (χ0) is 63.0. The fourth-order valence-corrected chi connectivity index (χ4v) is 14.4. The van der Waals surface area contributed by atoms with E-state index in [-0.39, 0.29) is 38.9 Å². The van der Waals surface area contributed by atoms with E-state index < -0.39 is 0 Å². The number of rotatable bonds is 7. The van der Waals surface area contributed by atoms with Crippen molar-refractivity contribution in [3.63, 3.8) is 0 Å². The Morgan fingerprint density at radius 1 is 0.289 bits per heavy atom. The summed E-state index contributed by atoms with van der Waals surface area (Å²) >= 11 is 0. The highest BCUT2D eigenvalue weighted by Crippen LogP contribution is 2.64. The van der Waals surface area contributed by atoms with E-state index in [1.54, 1.807) is 0 Å². The van der Waals surface area contributed by atoms with Gasteiger partial charge in [-0.3, -0.25) is 0 Å². The van der Waals surface area contributed by atoms with Crippen molar-refractivity contribution >= 4 is 39.0 Å². The molecule has 0 fully saturated rings. The van der Waals surface area contributed by atoms with Crippen LogP contribution in [0, 0.1) is 0 Å². The Hall–Kier alpha value is -8.98. The third kappa shape index (κ3) is 10.1. The van der Waals surface area contributed by atoms with Crippen LogP contribution in [-0.2, 0) is 27.1 Å². The maximum atomic E-state index is 7.32. The van der Waals surface area contributed by atoms with Gasteiger partial charge < -0.3 is 9.32 Å². The minimum Gasteiger partial charge on any atom is -0.455 e.